The van der Waals surface area contributed by atoms with E-state index in [0.29, 0.717) is 10.8 Å². The van der Waals surface area contributed by atoms with Gasteiger partial charge in [-0.15, -0.1) is 0 Å². The van der Waals surface area contributed by atoms with Gasteiger partial charge in [-0.05, 0) is 23.4 Å². The number of nitrogens with zero attached hydrogens (tertiary/aromatic N) is 1. The van der Waals surface area contributed by atoms with Crippen molar-refractivity contribution in [3.8, 4) is 0 Å². The summed E-state index contributed by atoms with van der Waals surface area (Å²) in [5.74, 6) is 0.0560. The zero-order valence-electron chi connectivity index (χ0n) is 8.77. The Morgan fingerprint density at radius 2 is 2.38 bits per heavy atom. The lowest BCUT2D eigenvalue weighted by atomic mass is 10.1. The topological polar surface area (TPSA) is 63.3 Å². The number of oxazole rings is 1. The Kier molecular flexibility index (Phi) is 3.14. The minimum Gasteiger partial charge on any atom is -0.481 e. The van der Waals surface area contributed by atoms with Crippen molar-refractivity contribution in [1.29, 1.82) is 0 Å². The first-order valence-electron chi connectivity index (χ1n) is 4.93. The summed E-state index contributed by atoms with van der Waals surface area (Å²) in [6.45, 7) is 2.02. The van der Waals surface area contributed by atoms with Crippen molar-refractivity contribution in [2.45, 2.75) is 18.6 Å². The highest BCUT2D eigenvalue weighted by atomic mass is 32.2. The lowest BCUT2D eigenvalue weighted by molar-refractivity contribution is -0.136. The molecule has 84 valence electrons. The zero-order valence-corrected chi connectivity index (χ0v) is 9.58. The smallest absolute Gasteiger partial charge is 0.307 e. The van der Waals surface area contributed by atoms with Crippen LogP contribution in [0.4, 0.5) is 0 Å². The molecule has 1 aromatic heterocycles. The average molecular weight is 237 g/mol. The number of carboxylic acid groups (broad SMARTS) is 1. The molecule has 2 rings (SSSR count). The van der Waals surface area contributed by atoms with E-state index >= 15 is 0 Å². The van der Waals surface area contributed by atoms with E-state index in [1.807, 2.05) is 6.92 Å². The Labute approximate surface area is 96.7 Å². The number of carboxylic acids is 1. The van der Waals surface area contributed by atoms with Gasteiger partial charge in [0, 0.05) is 0 Å². The van der Waals surface area contributed by atoms with Crippen LogP contribution in [0.2, 0.25) is 0 Å². The van der Waals surface area contributed by atoms with E-state index in [1.54, 1.807) is 18.2 Å². The molecule has 0 radical (unpaired) electrons. The molecule has 0 aliphatic carbocycles. The molecule has 0 bridgehead atoms. The van der Waals surface area contributed by atoms with E-state index in [2.05, 4.69) is 4.98 Å². The third-order valence-corrected chi connectivity index (χ3v) is 2.77. The molecule has 0 aliphatic rings. The number of aromatic nitrogens is 1. The number of benzene rings is 1. The highest BCUT2D eigenvalue weighted by Crippen LogP contribution is 2.23. The highest BCUT2D eigenvalue weighted by molar-refractivity contribution is 7.99. The van der Waals surface area contributed by atoms with Crippen LogP contribution in [0, 0.1) is 0 Å². The Morgan fingerprint density at radius 1 is 1.56 bits per heavy atom. The van der Waals surface area contributed by atoms with Gasteiger partial charge in [0.25, 0.3) is 5.22 Å². The van der Waals surface area contributed by atoms with Crippen LogP contribution < -0.4 is 0 Å². The molecule has 5 heteroatoms. The molecule has 0 fully saturated rings. The van der Waals surface area contributed by atoms with Gasteiger partial charge >= 0.3 is 5.97 Å². The summed E-state index contributed by atoms with van der Waals surface area (Å²) in [6.07, 6.45) is 0.0130. The van der Waals surface area contributed by atoms with Crippen molar-refractivity contribution in [1.82, 2.24) is 4.98 Å². The van der Waals surface area contributed by atoms with Gasteiger partial charge < -0.3 is 9.52 Å². The first-order valence-corrected chi connectivity index (χ1v) is 5.91. The SMILES string of the molecule is CCSc1nc2cc(CC(=O)O)ccc2o1. The first-order chi connectivity index (χ1) is 7.69. The molecule has 1 aromatic carbocycles. The van der Waals surface area contributed by atoms with Crippen molar-refractivity contribution < 1.29 is 14.3 Å². The van der Waals surface area contributed by atoms with Crippen molar-refractivity contribution in [2.75, 3.05) is 5.75 Å². The van der Waals surface area contributed by atoms with Crippen LogP contribution in [-0.2, 0) is 11.2 Å². The molecule has 0 atom stereocenters. The third-order valence-electron chi connectivity index (χ3n) is 2.06. The Hall–Kier alpha value is -1.49. The minimum absolute atomic E-state index is 0.0130. The molecule has 1 N–H and O–H groups in total. The monoisotopic (exact) mass is 237 g/mol. The van der Waals surface area contributed by atoms with E-state index < -0.39 is 5.97 Å². The van der Waals surface area contributed by atoms with E-state index in [-0.39, 0.29) is 6.42 Å². The fraction of sp³-hybridized carbons (Fsp3) is 0.273. The predicted molar refractivity (Wildman–Crippen MR) is 61.7 cm³/mol. The summed E-state index contributed by atoms with van der Waals surface area (Å²) in [4.78, 5) is 14.8. The molecule has 2 aromatic rings. The van der Waals surface area contributed by atoms with Gasteiger partial charge in [-0.3, -0.25) is 4.79 Å². The van der Waals surface area contributed by atoms with Crippen LogP contribution in [0.1, 0.15) is 12.5 Å². The van der Waals surface area contributed by atoms with Crippen LogP contribution in [0.3, 0.4) is 0 Å². The molecule has 1 heterocycles. The van der Waals surface area contributed by atoms with E-state index in [4.69, 9.17) is 9.52 Å². The summed E-state index contributed by atoms with van der Waals surface area (Å²) < 4.78 is 5.47. The predicted octanol–water partition coefficient (Wildman–Crippen LogP) is 2.57. The number of fused-ring (bicyclic) bond motifs is 1. The molecule has 0 unspecified atom stereocenters. The summed E-state index contributed by atoms with van der Waals surface area (Å²) in [5, 5.41) is 9.31. The summed E-state index contributed by atoms with van der Waals surface area (Å²) in [7, 11) is 0. The summed E-state index contributed by atoms with van der Waals surface area (Å²) >= 11 is 1.53. The number of hydrogen-bond acceptors (Lipinski definition) is 4. The minimum atomic E-state index is -0.842. The average Bonchev–Trinajstić information content (AvgIpc) is 2.59. The Bertz CT molecular complexity index is 521. The van der Waals surface area contributed by atoms with Gasteiger partial charge in [-0.1, -0.05) is 24.8 Å². The maximum Gasteiger partial charge on any atom is 0.307 e. The van der Waals surface area contributed by atoms with Gasteiger partial charge in [0.2, 0.25) is 0 Å². The molecule has 0 spiro atoms. The van der Waals surface area contributed by atoms with Crippen molar-refractivity contribution in [3.05, 3.63) is 23.8 Å². The number of thioether (sulfide) groups is 1. The van der Waals surface area contributed by atoms with Crippen molar-refractivity contribution in [3.63, 3.8) is 0 Å². The molecule has 0 amide bonds. The number of aliphatic carboxylic acids is 1. The molecule has 0 saturated carbocycles. The molecule has 4 nitrogen and oxygen atoms in total. The Morgan fingerprint density at radius 3 is 3.06 bits per heavy atom. The fourth-order valence-corrected chi connectivity index (χ4v) is 1.98. The van der Waals surface area contributed by atoms with Crippen molar-refractivity contribution >= 4 is 28.8 Å². The molecular formula is C11H11NO3S. The number of hydrogen-bond donors (Lipinski definition) is 1. The standard InChI is InChI=1S/C11H11NO3S/c1-2-16-11-12-8-5-7(6-10(13)14)3-4-9(8)15-11/h3-5H,2,6H2,1H3,(H,13,14). The van der Waals surface area contributed by atoms with Gasteiger partial charge in [0.05, 0.1) is 6.42 Å². The van der Waals surface area contributed by atoms with Gasteiger partial charge in [-0.25, -0.2) is 4.98 Å². The highest BCUT2D eigenvalue weighted by Gasteiger charge is 2.07. The van der Waals surface area contributed by atoms with Crippen LogP contribution in [0.25, 0.3) is 11.1 Å². The maximum absolute atomic E-state index is 10.6. The number of carbonyl (C=O) groups is 1. The first kappa shape index (κ1) is 11.0. The second kappa shape index (κ2) is 4.57. The van der Waals surface area contributed by atoms with Crippen LogP contribution in [-0.4, -0.2) is 21.8 Å². The van der Waals surface area contributed by atoms with Gasteiger partial charge in [0.1, 0.15) is 5.52 Å². The Balaban J connectivity index is 2.33. The summed E-state index contributed by atoms with van der Waals surface area (Å²) in [5.41, 5.74) is 2.15. The number of rotatable bonds is 4. The zero-order chi connectivity index (χ0) is 11.5. The van der Waals surface area contributed by atoms with Crippen LogP contribution in [0.5, 0.6) is 0 Å². The van der Waals surface area contributed by atoms with Crippen molar-refractivity contribution in [2.24, 2.45) is 0 Å². The van der Waals surface area contributed by atoms with E-state index in [1.165, 1.54) is 11.8 Å². The quantitative estimate of drug-likeness (QED) is 0.828. The van der Waals surface area contributed by atoms with E-state index in [9.17, 15) is 4.79 Å². The van der Waals surface area contributed by atoms with Gasteiger partial charge in [-0.2, -0.15) is 0 Å². The van der Waals surface area contributed by atoms with E-state index in [0.717, 1.165) is 16.8 Å². The summed E-state index contributed by atoms with van der Waals surface area (Å²) in [6, 6.07) is 5.27. The molecule has 0 aliphatic heterocycles. The second-order valence-electron chi connectivity index (χ2n) is 3.29. The second-order valence-corrected chi connectivity index (χ2v) is 4.50. The normalized spacial score (nSPS) is 10.8. The lowest BCUT2D eigenvalue weighted by Gasteiger charge is -1.94. The largest absolute Gasteiger partial charge is 0.481 e. The van der Waals surface area contributed by atoms with Gasteiger partial charge in [0.15, 0.2) is 5.58 Å². The van der Waals surface area contributed by atoms with Crippen LogP contribution in [0.15, 0.2) is 27.8 Å². The maximum atomic E-state index is 10.6. The fourth-order valence-electron chi connectivity index (χ4n) is 1.42. The molecular weight excluding hydrogens is 226 g/mol. The molecule has 16 heavy (non-hydrogen) atoms. The third kappa shape index (κ3) is 2.36. The lowest BCUT2D eigenvalue weighted by Crippen LogP contribution is -1.99. The van der Waals surface area contributed by atoms with Crippen LogP contribution >= 0.6 is 11.8 Å². The molecule has 0 saturated heterocycles.